The average molecular weight is 395 g/mol. The summed E-state index contributed by atoms with van der Waals surface area (Å²) in [6.07, 6.45) is 0. The molecule has 0 saturated heterocycles. The van der Waals surface area contributed by atoms with Crippen molar-refractivity contribution >= 4 is 27.6 Å². The van der Waals surface area contributed by atoms with E-state index in [2.05, 4.69) is 20.3 Å². The van der Waals surface area contributed by atoms with E-state index in [-0.39, 0.29) is 4.90 Å². The SMILES string of the molecule is CCNC(=NCc1cccc(S(=O)(=O)NC)c1)NCc1cccc(Cl)c1. The maximum absolute atomic E-state index is 11.9. The van der Waals surface area contributed by atoms with E-state index in [0.29, 0.717) is 24.1 Å². The van der Waals surface area contributed by atoms with Crippen LogP contribution in [0.15, 0.2) is 58.4 Å². The number of halogens is 1. The number of nitrogens with zero attached hydrogens (tertiary/aromatic N) is 1. The van der Waals surface area contributed by atoms with Crippen LogP contribution in [-0.2, 0) is 23.1 Å². The Balaban J connectivity index is 2.08. The van der Waals surface area contributed by atoms with Gasteiger partial charge in [-0.05, 0) is 49.4 Å². The number of sulfonamides is 1. The third kappa shape index (κ3) is 6.01. The third-order valence-corrected chi connectivity index (χ3v) is 5.24. The maximum atomic E-state index is 11.9. The molecule has 0 aliphatic carbocycles. The minimum Gasteiger partial charge on any atom is -0.357 e. The number of hydrogen-bond acceptors (Lipinski definition) is 3. The fourth-order valence-electron chi connectivity index (χ4n) is 2.27. The van der Waals surface area contributed by atoms with Crippen LogP contribution in [0.2, 0.25) is 5.02 Å². The molecule has 2 rings (SSSR count). The van der Waals surface area contributed by atoms with Gasteiger partial charge < -0.3 is 10.6 Å². The zero-order valence-corrected chi connectivity index (χ0v) is 16.4. The summed E-state index contributed by atoms with van der Waals surface area (Å²) in [4.78, 5) is 4.74. The van der Waals surface area contributed by atoms with Crippen LogP contribution in [0.3, 0.4) is 0 Å². The molecule has 8 heteroatoms. The summed E-state index contributed by atoms with van der Waals surface area (Å²) >= 11 is 6.00. The Kier molecular flexibility index (Phi) is 7.44. The minimum absolute atomic E-state index is 0.226. The monoisotopic (exact) mass is 394 g/mol. The van der Waals surface area contributed by atoms with Crippen LogP contribution in [0.1, 0.15) is 18.1 Å². The van der Waals surface area contributed by atoms with Gasteiger partial charge in [-0.15, -0.1) is 0 Å². The zero-order valence-electron chi connectivity index (χ0n) is 14.8. The van der Waals surface area contributed by atoms with Crippen molar-refractivity contribution in [1.29, 1.82) is 0 Å². The normalized spacial score (nSPS) is 12.0. The zero-order chi connectivity index (χ0) is 19.0. The second kappa shape index (κ2) is 9.56. The smallest absolute Gasteiger partial charge is 0.240 e. The van der Waals surface area contributed by atoms with Gasteiger partial charge in [0.05, 0.1) is 11.4 Å². The highest BCUT2D eigenvalue weighted by molar-refractivity contribution is 7.89. The summed E-state index contributed by atoms with van der Waals surface area (Å²) in [6.45, 7) is 3.64. The molecule has 0 saturated carbocycles. The van der Waals surface area contributed by atoms with Gasteiger partial charge in [0.25, 0.3) is 0 Å². The summed E-state index contributed by atoms with van der Waals surface area (Å²) in [5, 5.41) is 7.10. The molecule has 0 bridgehead atoms. The van der Waals surface area contributed by atoms with E-state index >= 15 is 0 Å². The molecule has 3 N–H and O–H groups in total. The number of guanidine groups is 1. The molecule has 0 radical (unpaired) electrons. The molecule has 0 aromatic heterocycles. The van der Waals surface area contributed by atoms with Crippen molar-refractivity contribution in [2.24, 2.45) is 4.99 Å². The summed E-state index contributed by atoms with van der Waals surface area (Å²) in [5.41, 5.74) is 1.85. The Morgan fingerprint density at radius 3 is 2.50 bits per heavy atom. The molecular formula is C18H23ClN4O2S. The highest BCUT2D eigenvalue weighted by Crippen LogP contribution is 2.12. The van der Waals surface area contributed by atoms with Crippen molar-refractivity contribution in [3.63, 3.8) is 0 Å². The molecular weight excluding hydrogens is 372 g/mol. The quantitative estimate of drug-likeness (QED) is 0.497. The largest absolute Gasteiger partial charge is 0.357 e. The molecule has 140 valence electrons. The van der Waals surface area contributed by atoms with Gasteiger partial charge in [-0.2, -0.15) is 0 Å². The lowest BCUT2D eigenvalue weighted by atomic mass is 10.2. The lowest BCUT2D eigenvalue weighted by Crippen LogP contribution is -2.36. The first-order valence-corrected chi connectivity index (χ1v) is 10.1. The first-order chi connectivity index (χ1) is 12.4. The fourth-order valence-corrected chi connectivity index (χ4v) is 3.29. The van der Waals surface area contributed by atoms with Gasteiger partial charge in [0.2, 0.25) is 10.0 Å². The lowest BCUT2D eigenvalue weighted by Gasteiger charge is -2.12. The van der Waals surface area contributed by atoms with Crippen LogP contribution in [0, 0.1) is 0 Å². The van der Waals surface area contributed by atoms with E-state index in [4.69, 9.17) is 11.6 Å². The van der Waals surface area contributed by atoms with Crippen molar-refractivity contribution in [2.45, 2.75) is 24.9 Å². The van der Waals surface area contributed by atoms with Crippen molar-refractivity contribution in [2.75, 3.05) is 13.6 Å². The van der Waals surface area contributed by atoms with Gasteiger partial charge in [0.15, 0.2) is 5.96 Å². The molecule has 0 atom stereocenters. The average Bonchev–Trinajstić information content (AvgIpc) is 2.64. The Morgan fingerprint density at radius 1 is 1.08 bits per heavy atom. The number of rotatable bonds is 7. The number of hydrogen-bond donors (Lipinski definition) is 3. The Hall–Kier alpha value is -2.09. The van der Waals surface area contributed by atoms with Gasteiger partial charge in [-0.25, -0.2) is 18.1 Å². The topological polar surface area (TPSA) is 82.6 Å². The van der Waals surface area contributed by atoms with Crippen LogP contribution in [0.25, 0.3) is 0 Å². The van der Waals surface area contributed by atoms with E-state index in [9.17, 15) is 8.42 Å². The number of benzene rings is 2. The summed E-state index contributed by atoms with van der Waals surface area (Å²) < 4.78 is 26.1. The summed E-state index contributed by atoms with van der Waals surface area (Å²) in [5.74, 6) is 0.648. The van der Waals surface area contributed by atoms with Crippen LogP contribution in [0.5, 0.6) is 0 Å². The number of aliphatic imine (C=N–C) groups is 1. The molecule has 26 heavy (non-hydrogen) atoms. The van der Waals surface area contributed by atoms with E-state index in [1.165, 1.54) is 7.05 Å². The second-order valence-electron chi connectivity index (χ2n) is 5.53. The highest BCUT2D eigenvalue weighted by Gasteiger charge is 2.11. The molecule has 0 fully saturated rings. The molecule has 0 heterocycles. The molecule has 0 aliphatic heterocycles. The van der Waals surface area contributed by atoms with Crippen molar-refractivity contribution in [3.8, 4) is 0 Å². The van der Waals surface area contributed by atoms with Gasteiger partial charge >= 0.3 is 0 Å². The van der Waals surface area contributed by atoms with E-state index in [1.54, 1.807) is 18.2 Å². The Morgan fingerprint density at radius 2 is 1.81 bits per heavy atom. The first kappa shape index (κ1) is 20.2. The third-order valence-electron chi connectivity index (χ3n) is 3.59. The van der Waals surface area contributed by atoms with Crippen molar-refractivity contribution in [1.82, 2.24) is 15.4 Å². The van der Waals surface area contributed by atoms with E-state index in [1.807, 2.05) is 37.3 Å². The van der Waals surface area contributed by atoms with Crippen LogP contribution in [-0.4, -0.2) is 28.0 Å². The molecule has 2 aromatic carbocycles. The van der Waals surface area contributed by atoms with E-state index < -0.39 is 10.0 Å². The number of nitrogens with one attached hydrogen (secondary N) is 3. The fraction of sp³-hybridized carbons (Fsp3) is 0.278. The molecule has 0 unspecified atom stereocenters. The predicted molar refractivity (Wildman–Crippen MR) is 106 cm³/mol. The Bertz CT molecular complexity index is 869. The summed E-state index contributed by atoms with van der Waals surface area (Å²) in [7, 11) is -2.07. The van der Waals surface area contributed by atoms with Crippen LogP contribution < -0.4 is 15.4 Å². The van der Waals surface area contributed by atoms with Crippen LogP contribution >= 0.6 is 11.6 Å². The van der Waals surface area contributed by atoms with Crippen LogP contribution in [0.4, 0.5) is 0 Å². The van der Waals surface area contributed by atoms with Gasteiger partial charge in [0, 0.05) is 18.1 Å². The van der Waals surface area contributed by atoms with Gasteiger partial charge in [0.1, 0.15) is 0 Å². The minimum atomic E-state index is -3.46. The lowest BCUT2D eigenvalue weighted by molar-refractivity contribution is 0.588. The highest BCUT2D eigenvalue weighted by atomic mass is 35.5. The van der Waals surface area contributed by atoms with E-state index in [0.717, 1.165) is 17.7 Å². The molecule has 0 amide bonds. The molecule has 0 aliphatic rings. The Labute approximate surface area is 159 Å². The molecule has 0 spiro atoms. The predicted octanol–water partition coefficient (Wildman–Crippen LogP) is 2.50. The molecule has 2 aromatic rings. The second-order valence-corrected chi connectivity index (χ2v) is 7.86. The first-order valence-electron chi connectivity index (χ1n) is 8.23. The molecule has 6 nitrogen and oxygen atoms in total. The standard InChI is InChI=1S/C18H23ClN4O2S/c1-3-21-18(22-12-14-6-4-8-16(19)10-14)23-13-15-7-5-9-17(11-15)26(24,25)20-2/h4-11,20H,3,12-13H2,1-2H3,(H2,21,22,23). The maximum Gasteiger partial charge on any atom is 0.240 e. The summed E-state index contributed by atoms with van der Waals surface area (Å²) in [6, 6.07) is 14.3. The van der Waals surface area contributed by atoms with Gasteiger partial charge in [-0.1, -0.05) is 35.9 Å². The van der Waals surface area contributed by atoms with Crippen molar-refractivity contribution in [3.05, 3.63) is 64.7 Å². The van der Waals surface area contributed by atoms with Gasteiger partial charge in [-0.3, -0.25) is 0 Å². The van der Waals surface area contributed by atoms with Crippen molar-refractivity contribution < 1.29 is 8.42 Å².